The number of nitrogens with one attached hydrogen (secondary N) is 1. The van der Waals surface area contributed by atoms with Crippen molar-refractivity contribution >= 4 is 21.6 Å². The normalized spacial score (nSPS) is 11.2. The lowest BCUT2D eigenvalue weighted by Gasteiger charge is -2.06. The molecule has 1 N–H and O–H groups in total. The Kier molecular flexibility index (Phi) is 3.64. The lowest BCUT2D eigenvalue weighted by Crippen LogP contribution is -2.11. The number of H-pyrrole nitrogens is 1. The van der Waals surface area contributed by atoms with Crippen LogP contribution >= 0.6 is 11.3 Å². The largest absolute Gasteiger partial charge is 0.310 e. The van der Waals surface area contributed by atoms with Gasteiger partial charge in [-0.3, -0.25) is 4.79 Å². The van der Waals surface area contributed by atoms with Gasteiger partial charge in [0, 0.05) is 17.4 Å². The second kappa shape index (κ2) is 5.45. The van der Waals surface area contributed by atoms with E-state index in [0.717, 1.165) is 34.6 Å². The molecule has 0 unspecified atom stereocenters. The molecule has 2 aromatic heterocycles. The summed E-state index contributed by atoms with van der Waals surface area (Å²) >= 11 is 1.54. The highest BCUT2D eigenvalue weighted by molar-refractivity contribution is 7.17. The molecule has 0 aliphatic heterocycles. The molecule has 3 rings (SSSR count). The van der Waals surface area contributed by atoms with Crippen LogP contribution in [0.5, 0.6) is 0 Å². The number of hydrogen-bond acceptors (Lipinski definition) is 3. The quantitative estimate of drug-likeness (QED) is 0.787. The third-order valence-corrected chi connectivity index (χ3v) is 4.52. The van der Waals surface area contributed by atoms with E-state index in [1.165, 1.54) is 11.1 Å². The smallest absolute Gasteiger partial charge is 0.260 e. The molecule has 3 nitrogen and oxygen atoms in total. The molecule has 108 valence electrons. The molecule has 21 heavy (non-hydrogen) atoms. The summed E-state index contributed by atoms with van der Waals surface area (Å²) in [4.78, 5) is 20.8. The summed E-state index contributed by atoms with van der Waals surface area (Å²) in [5, 5.41) is 2.76. The summed E-state index contributed by atoms with van der Waals surface area (Å²) < 4.78 is 0. The number of aromatic amines is 1. The topological polar surface area (TPSA) is 45.8 Å². The molecule has 0 saturated heterocycles. The molecule has 0 atom stereocenters. The first kappa shape index (κ1) is 14.0. The van der Waals surface area contributed by atoms with E-state index in [1.54, 1.807) is 11.3 Å². The lowest BCUT2D eigenvalue weighted by molar-refractivity contribution is 0.838. The van der Waals surface area contributed by atoms with Crippen molar-refractivity contribution in [1.82, 2.24) is 9.97 Å². The molecule has 0 spiro atoms. The maximum absolute atomic E-state index is 12.4. The van der Waals surface area contributed by atoms with Gasteiger partial charge in [-0.1, -0.05) is 30.7 Å². The first-order chi connectivity index (χ1) is 10.1. The number of benzene rings is 1. The van der Waals surface area contributed by atoms with Gasteiger partial charge in [-0.15, -0.1) is 11.3 Å². The van der Waals surface area contributed by atoms with Crippen molar-refractivity contribution in [2.75, 3.05) is 0 Å². The van der Waals surface area contributed by atoms with Gasteiger partial charge in [-0.05, 0) is 31.4 Å². The Hall–Kier alpha value is -1.94. The molecule has 0 aliphatic carbocycles. The fourth-order valence-electron chi connectivity index (χ4n) is 2.66. The van der Waals surface area contributed by atoms with Crippen molar-refractivity contribution in [3.63, 3.8) is 0 Å². The Balaban J connectivity index is 2.23. The van der Waals surface area contributed by atoms with Crippen LogP contribution in [0.25, 0.3) is 21.3 Å². The van der Waals surface area contributed by atoms with Gasteiger partial charge in [0.2, 0.25) is 0 Å². The van der Waals surface area contributed by atoms with E-state index in [-0.39, 0.29) is 5.56 Å². The highest BCUT2D eigenvalue weighted by Gasteiger charge is 2.14. The average Bonchev–Trinajstić information content (AvgIpc) is 2.83. The third kappa shape index (κ3) is 2.51. The van der Waals surface area contributed by atoms with Gasteiger partial charge >= 0.3 is 0 Å². The fourth-order valence-corrected chi connectivity index (χ4v) is 3.62. The van der Waals surface area contributed by atoms with Crippen molar-refractivity contribution in [2.24, 2.45) is 0 Å². The van der Waals surface area contributed by atoms with E-state index in [2.05, 4.69) is 48.9 Å². The predicted molar refractivity (Wildman–Crippen MR) is 89.1 cm³/mol. The highest BCUT2D eigenvalue weighted by atomic mass is 32.1. The van der Waals surface area contributed by atoms with Crippen LogP contribution < -0.4 is 5.56 Å². The molecule has 2 heterocycles. The molecule has 0 fully saturated rings. The SMILES string of the molecule is CCCc1nc2scc(-c3ccc(C)cc3C)c2c(=O)[nH]1. The first-order valence-corrected chi connectivity index (χ1v) is 8.06. The zero-order valence-electron chi connectivity index (χ0n) is 12.5. The maximum atomic E-state index is 12.4. The van der Waals surface area contributed by atoms with Crippen molar-refractivity contribution < 1.29 is 0 Å². The van der Waals surface area contributed by atoms with Crippen LogP contribution in [0.1, 0.15) is 30.3 Å². The summed E-state index contributed by atoms with van der Waals surface area (Å²) in [6.07, 6.45) is 1.78. The van der Waals surface area contributed by atoms with E-state index in [4.69, 9.17) is 0 Å². The zero-order valence-corrected chi connectivity index (χ0v) is 13.3. The maximum Gasteiger partial charge on any atom is 0.260 e. The van der Waals surface area contributed by atoms with Gasteiger partial charge < -0.3 is 4.98 Å². The number of thiophene rings is 1. The van der Waals surface area contributed by atoms with Crippen molar-refractivity contribution in [1.29, 1.82) is 0 Å². The molecule has 4 heteroatoms. The molecule has 0 amide bonds. The average molecular weight is 298 g/mol. The molecule has 0 bridgehead atoms. The molecule has 3 aromatic rings. The minimum atomic E-state index is -0.0281. The molecule has 1 aromatic carbocycles. The Morgan fingerprint density at radius 3 is 2.76 bits per heavy atom. The van der Waals surface area contributed by atoms with Gasteiger partial charge in [0.1, 0.15) is 10.7 Å². The Bertz CT molecular complexity index is 861. The predicted octanol–water partition coefficient (Wildman–Crippen LogP) is 4.22. The third-order valence-electron chi connectivity index (χ3n) is 3.65. The van der Waals surface area contributed by atoms with Crippen LogP contribution in [-0.2, 0) is 6.42 Å². The second-order valence-electron chi connectivity index (χ2n) is 5.41. The molecule has 0 saturated carbocycles. The van der Waals surface area contributed by atoms with Gasteiger partial charge in [-0.25, -0.2) is 4.98 Å². The van der Waals surface area contributed by atoms with E-state index >= 15 is 0 Å². The van der Waals surface area contributed by atoms with E-state index in [0.29, 0.717) is 5.39 Å². The number of rotatable bonds is 3. The van der Waals surface area contributed by atoms with Crippen LogP contribution in [0.15, 0.2) is 28.4 Å². The van der Waals surface area contributed by atoms with Crippen molar-refractivity contribution in [3.8, 4) is 11.1 Å². The molecular formula is C17H18N2OS. The van der Waals surface area contributed by atoms with E-state index in [9.17, 15) is 4.79 Å². The van der Waals surface area contributed by atoms with Crippen LogP contribution in [-0.4, -0.2) is 9.97 Å². The fraction of sp³-hybridized carbons (Fsp3) is 0.294. The number of aromatic nitrogens is 2. The monoisotopic (exact) mass is 298 g/mol. The van der Waals surface area contributed by atoms with Gasteiger partial charge in [0.25, 0.3) is 5.56 Å². The van der Waals surface area contributed by atoms with Gasteiger partial charge in [0.15, 0.2) is 0 Å². The van der Waals surface area contributed by atoms with Crippen LogP contribution in [0.4, 0.5) is 0 Å². The zero-order chi connectivity index (χ0) is 15.0. The van der Waals surface area contributed by atoms with Crippen LogP contribution in [0, 0.1) is 13.8 Å². The standard InChI is InChI=1S/C17H18N2OS/c1-4-5-14-18-16(20)15-13(9-21-17(15)19-14)12-7-6-10(2)8-11(12)3/h6-9H,4-5H2,1-3H3,(H,18,19,20). The highest BCUT2D eigenvalue weighted by Crippen LogP contribution is 2.33. The van der Waals surface area contributed by atoms with Crippen LogP contribution in [0.2, 0.25) is 0 Å². The van der Waals surface area contributed by atoms with E-state index in [1.807, 2.05) is 5.38 Å². The second-order valence-corrected chi connectivity index (χ2v) is 6.27. The number of hydrogen-bond donors (Lipinski definition) is 1. The van der Waals surface area contributed by atoms with Crippen molar-refractivity contribution in [3.05, 3.63) is 50.9 Å². The summed E-state index contributed by atoms with van der Waals surface area (Å²) in [5.41, 5.74) is 4.49. The Labute approximate surface area is 127 Å². The minimum Gasteiger partial charge on any atom is -0.310 e. The number of aryl methyl sites for hydroxylation is 3. The summed E-state index contributed by atoms with van der Waals surface area (Å²) in [5.74, 6) is 0.782. The lowest BCUT2D eigenvalue weighted by atomic mass is 9.99. The van der Waals surface area contributed by atoms with Gasteiger partial charge in [0.05, 0.1) is 5.39 Å². The summed E-state index contributed by atoms with van der Waals surface area (Å²) in [6, 6.07) is 6.32. The first-order valence-electron chi connectivity index (χ1n) is 7.18. The van der Waals surface area contributed by atoms with Crippen molar-refractivity contribution in [2.45, 2.75) is 33.6 Å². The minimum absolute atomic E-state index is 0.0281. The van der Waals surface area contributed by atoms with E-state index < -0.39 is 0 Å². The Morgan fingerprint density at radius 2 is 2.05 bits per heavy atom. The summed E-state index contributed by atoms with van der Waals surface area (Å²) in [7, 11) is 0. The van der Waals surface area contributed by atoms with Crippen LogP contribution in [0.3, 0.4) is 0 Å². The molecule has 0 aliphatic rings. The Morgan fingerprint density at radius 1 is 1.24 bits per heavy atom. The molecular weight excluding hydrogens is 280 g/mol. The number of fused-ring (bicyclic) bond motifs is 1. The summed E-state index contributed by atoms with van der Waals surface area (Å²) in [6.45, 7) is 6.24. The van der Waals surface area contributed by atoms with Gasteiger partial charge in [-0.2, -0.15) is 0 Å². The number of nitrogens with zero attached hydrogens (tertiary/aromatic N) is 1. The molecule has 0 radical (unpaired) electrons.